The van der Waals surface area contributed by atoms with Crippen molar-refractivity contribution in [2.45, 2.75) is 41.5 Å². The molecule has 11 nitrogen and oxygen atoms in total. The van der Waals surface area contributed by atoms with Crippen LogP contribution in [-0.2, 0) is 26.7 Å². The van der Waals surface area contributed by atoms with Crippen LogP contribution in [0.1, 0.15) is 18.9 Å². The fraction of sp³-hybridized carbons (Fsp3) is 0.353. The number of β-lactam (4-membered cyclic amide) rings is 1. The van der Waals surface area contributed by atoms with Crippen LogP contribution in [0.4, 0.5) is 0 Å². The van der Waals surface area contributed by atoms with Crippen molar-refractivity contribution in [3.05, 3.63) is 41.4 Å². The summed E-state index contributed by atoms with van der Waals surface area (Å²) in [5.41, 5.74) is 1.21. The summed E-state index contributed by atoms with van der Waals surface area (Å²) in [5.74, 6) is -1.38. The molecule has 0 saturated carbocycles. The minimum absolute atomic E-state index is 0.159. The van der Waals surface area contributed by atoms with Crippen LogP contribution in [-0.4, -0.2) is 54.1 Å². The van der Waals surface area contributed by atoms with Crippen molar-refractivity contribution < 1.29 is 24.1 Å². The van der Waals surface area contributed by atoms with Crippen LogP contribution in [0.2, 0.25) is 0 Å². The fourth-order valence-corrected chi connectivity index (χ4v) is 5.45. The molecule has 2 aliphatic heterocycles. The van der Waals surface area contributed by atoms with Gasteiger partial charge in [-0.3, -0.25) is 14.5 Å². The molecule has 1 fully saturated rings. The lowest BCUT2D eigenvalue weighted by Crippen LogP contribution is -2.60. The molecule has 0 bridgehead atoms. The van der Waals surface area contributed by atoms with Crippen LogP contribution < -0.4 is 15.0 Å². The van der Waals surface area contributed by atoms with Crippen molar-refractivity contribution in [3.8, 4) is 0 Å². The summed E-state index contributed by atoms with van der Waals surface area (Å²) >= 11 is 2.75. The minimum Gasteiger partial charge on any atom is -0.543 e. The molecule has 0 spiro atoms. The molecule has 0 radical (unpaired) electrons. The summed E-state index contributed by atoms with van der Waals surface area (Å²) in [4.78, 5) is 36.9. The predicted octanol–water partition coefficient (Wildman–Crippen LogP) is -1.45. The molecule has 2 atom stereocenters. The highest BCUT2D eigenvalue weighted by Gasteiger charge is 2.47. The molecule has 156 valence electrons. The Morgan fingerprint density at radius 3 is 3.00 bits per heavy atom. The number of carboxylic acids is 1. The number of carboxylic acid groups (broad SMARTS) is 1. The average Bonchev–Trinajstić information content (AvgIpc) is 3.21. The first kappa shape index (κ1) is 20.3. The molecular weight excluding hydrogens is 430 g/mol. The lowest BCUT2D eigenvalue weighted by Gasteiger charge is -2.47. The van der Waals surface area contributed by atoms with Crippen molar-refractivity contribution in [2.24, 2.45) is 0 Å². The Morgan fingerprint density at radius 1 is 1.50 bits per heavy atom. The number of pyridine rings is 1. The maximum Gasteiger partial charge on any atom is 0.231 e. The standard InChI is InChI=1S/C17H17N7O4S2/c1-9(25)18-15-11(14(16(27)28)24-12(26)5-13(24)30-15)7-23-4-2-3-10(6-23)8-29-17-19-21-22-20-17/h2-4,6,13,15H,5,7-8H2,1H3,(H2-,18,19,20,21,22,25,27,28)/t13-,15?/m1/s1. The molecule has 4 rings (SSSR count). The maximum atomic E-state index is 12.0. The Bertz CT molecular complexity index is 1030. The molecule has 13 heteroatoms. The smallest absolute Gasteiger partial charge is 0.231 e. The zero-order valence-corrected chi connectivity index (χ0v) is 17.4. The number of H-pyrrole nitrogens is 1. The van der Waals surface area contributed by atoms with Crippen molar-refractivity contribution in [1.29, 1.82) is 0 Å². The predicted molar refractivity (Wildman–Crippen MR) is 103 cm³/mol. The molecule has 0 aliphatic carbocycles. The number of thioether (sulfide) groups is 2. The molecule has 30 heavy (non-hydrogen) atoms. The number of fused-ring (bicyclic) bond motifs is 1. The topological polar surface area (TPSA) is 148 Å². The third kappa shape index (κ3) is 4.16. The largest absolute Gasteiger partial charge is 0.543 e. The number of tetrazole rings is 1. The van der Waals surface area contributed by atoms with Crippen molar-refractivity contribution in [1.82, 2.24) is 30.8 Å². The molecule has 2 aromatic rings. The number of aliphatic carboxylic acids is 1. The van der Waals surface area contributed by atoms with Gasteiger partial charge in [0.15, 0.2) is 18.9 Å². The van der Waals surface area contributed by atoms with E-state index in [0.717, 1.165) is 5.56 Å². The number of aromatic nitrogens is 5. The first-order valence-corrected chi connectivity index (χ1v) is 10.9. The van der Waals surface area contributed by atoms with Crippen molar-refractivity contribution in [2.75, 3.05) is 0 Å². The van der Waals surface area contributed by atoms with E-state index in [1.54, 1.807) is 6.20 Å². The molecule has 1 saturated heterocycles. The molecule has 2 aromatic heterocycles. The Labute approximate surface area is 179 Å². The first-order chi connectivity index (χ1) is 14.4. The van der Waals surface area contributed by atoms with Gasteiger partial charge < -0.3 is 15.2 Å². The van der Waals surface area contributed by atoms with Gasteiger partial charge in [-0.05, 0) is 11.3 Å². The van der Waals surface area contributed by atoms with Crippen LogP contribution >= 0.6 is 23.5 Å². The van der Waals surface area contributed by atoms with E-state index in [1.807, 2.05) is 22.9 Å². The number of carbonyl (C=O) groups is 3. The maximum absolute atomic E-state index is 12.0. The second kappa shape index (κ2) is 8.44. The SMILES string of the molecule is CC(=O)NC1S[C@@H]2CC(=O)N2C(C(=O)[O-])=C1C[n+]1cccc(CSc2nn[nH]n2)c1. The molecule has 1 unspecified atom stereocenters. The van der Waals surface area contributed by atoms with Crippen LogP contribution in [0, 0.1) is 0 Å². The quantitative estimate of drug-likeness (QED) is 0.295. The third-order valence-corrected chi connectivity index (χ3v) is 6.83. The van der Waals surface area contributed by atoms with Gasteiger partial charge in [-0.1, -0.05) is 11.8 Å². The van der Waals surface area contributed by atoms with E-state index >= 15 is 0 Å². The number of nitrogens with zero attached hydrogens (tertiary/aromatic N) is 5. The van der Waals surface area contributed by atoms with E-state index in [0.29, 0.717) is 16.5 Å². The number of aromatic amines is 1. The molecule has 2 amide bonds. The van der Waals surface area contributed by atoms with Gasteiger partial charge in [-0.15, -0.1) is 22.0 Å². The second-order valence-electron chi connectivity index (χ2n) is 6.67. The summed E-state index contributed by atoms with van der Waals surface area (Å²) < 4.78 is 1.81. The van der Waals surface area contributed by atoms with Gasteiger partial charge in [0.1, 0.15) is 5.37 Å². The summed E-state index contributed by atoms with van der Waals surface area (Å²) in [6.45, 7) is 1.55. The fourth-order valence-electron chi connectivity index (χ4n) is 3.29. The number of hydrogen-bond acceptors (Lipinski definition) is 9. The zero-order valence-electron chi connectivity index (χ0n) is 15.8. The summed E-state index contributed by atoms with van der Waals surface area (Å²) in [6.07, 6.45) is 3.90. The molecule has 4 heterocycles. The Hall–Kier alpha value is -2.93. The highest BCUT2D eigenvalue weighted by Crippen LogP contribution is 2.43. The summed E-state index contributed by atoms with van der Waals surface area (Å²) in [7, 11) is 0. The van der Waals surface area contributed by atoms with Crippen molar-refractivity contribution >= 4 is 41.3 Å². The molecule has 0 aromatic carbocycles. The lowest BCUT2D eigenvalue weighted by molar-refractivity contribution is -0.689. The Balaban J connectivity index is 1.61. The lowest BCUT2D eigenvalue weighted by atomic mass is 10.1. The first-order valence-electron chi connectivity index (χ1n) is 8.95. The van der Waals surface area contributed by atoms with E-state index in [2.05, 4.69) is 25.9 Å². The van der Waals surface area contributed by atoms with E-state index < -0.39 is 11.3 Å². The number of nitrogens with one attached hydrogen (secondary N) is 2. The monoisotopic (exact) mass is 447 g/mol. The van der Waals surface area contributed by atoms with Gasteiger partial charge in [-0.2, -0.15) is 5.21 Å². The van der Waals surface area contributed by atoms with Gasteiger partial charge in [-0.25, -0.2) is 4.57 Å². The van der Waals surface area contributed by atoms with Gasteiger partial charge in [0.05, 0.1) is 29.0 Å². The third-order valence-electron chi connectivity index (χ3n) is 4.55. The van der Waals surface area contributed by atoms with Crippen LogP contribution in [0.25, 0.3) is 0 Å². The highest BCUT2D eigenvalue weighted by atomic mass is 32.2. The molecular formula is C17H17N7O4S2. The van der Waals surface area contributed by atoms with Gasteiger partial charge in [0.2, 0.25) is 17.0 Å². The highest BCUT2D eigenvalue weighted by molar-refractivity contribution is 8.00. The minimum atomic E-state index is -1.43. The number of rotatable bonds is 7. The molecule has 2 N–H and O–H groups in total. The second-order valence-corrected chi connectivity index (χ2v) is 8.90. The van der Waals surface area contributed by atoms with E-state index in [1.165, 1.54) is 35.3 Å². The Morgan fingerprint density at radius 2 is 2.33 bits per heavy atom. The number of carbonyl (C=O) groups excluding carboxylic acids is 3. The van der Waals surface area contributed by atoms with E-state index in [9.17, 15) is 19.5 Å². The van der Waals surface area contributed by atoms with Crippen LogP contribution in [0.3, 0.4) is 0 Å². The van der Waals surface area contributed by atoms with Gasteiger partial charge in [0.25, 0.3) is 0 Å². The molecule has 2 aliphatic rings. The Kier molecular flexibility index (Phi) is 5.72. The summed E-state index contributed by atoms with van der Waals surface area (Å²) in [5, 5.41) is 28.0. The van der Waals surface area contributed by atoms with Crippen LogP contribution in [0.5, 0.6) is 0 Å². The zero-order chi connectivity index (χ0) is 21.3. The number of hydrogen-bond donors (Lipinski definition) is 2. The van der Waals surface area contributed by atoms with Crippen LogP contribution in [0.15, 0.2) is 41.0 Å². The van der Waals surface area contributed by atoms with E-state index in [4.69, 9.17) is 0 Å². The van der Waals surface area contributed by atoms with E-state index in [-0.39, 0.29) is 35.9 Å². The number of amides is 2. The summed E-state index contributed by atoms with van der Waals surface area (Å²) in [6, 6.07) is 3.76. The van der Waals surface area contributed by atoms with Crippen molar-refractivity contribution in [3.63, 3.8) is 0 Å². The van der Waals surface area contributed by atoms with Gasteiger partial charge >= 0.3 is 0 Å². The normalized spacial score (nSPS) is 20.6. The average molecular weight is 448 g/mol. The van der Waals surface area contributed by atoms with Gasteiger partial charge in [0, 0.05) is 24.3 Å².